The third-order valence-corrected chi connectivity index (χ3v) is 2.65. The van der Waals surface area contributed by atoms with Crippen molar-refractivity contribution < 1.29 is 13.6 Å². The number of carbonyl (C=O) groups is 1. The van der Waals surface area contributed by atoms with Gasteiger partial charge in [-0.1, -0.05) is 0 Å². The van der Waals surface area contributed by atoms with Gasteiger partial charge in [0.1, 0.15) is 0 Å². The molecule has 16 heavy (non-hydrogen) atoms. The summed E-state index contributed by atoms with van der Waals surface area (Å²) in [6.45, 7) is 0.599. The molecule has 1 aliphatic rings. The second kappa shape index (κ2) is 4.15. The molecule has 0 bridgehead atoms. The van der Waals surface area contributed by atoms with Crippen LogP contribution in [0.1, 0.15) is 23.2 Å². The number of pyridine rings is 1. The minimum atomic E-state index is -1.23. The minimum Gasteiger partial charge on any atom is -0.341 e. The first kappa shape index (κ1) is 11.0. The molecule has 0 aliphatic heterocycles. The van der Waals surface area contributed by atoms with Crippen molar-refractivity contribution in [3.63, 3.8) is 0 Å². The predicted molar refractivity (Wildman–Crippen MR) is 53.8 cm³/mol. The van der Waals surface area contributed by atoms with Crippen LogP contribution in [0, 0.1) is 17.7 Å². The summed E-state index contributed by atoms with van der Waals surface area (Å²) < 4.78 is 26.1. The zero-order valence-corrected chi connectivity index (χ0v) is 8.91. The average Bonchev–Trinajstić information content (AvgIpc) is 3.05. The van der Waals surface area contributed by atoms with Gasteiger partial charge >= 0.3 is 0 Å². The number of rotatable bonds is 3. The Morgan fingerprint density at radius 2 is 2.25 bits per heavy atom. The van der Waals surface area contributed by atoms with Crippen molar-refractivity contribution in [3.8, 4) is 0 Å². The first-order valence-corrected chi connectivity index (χ1v) is 5.15. The Balaban J connectivity index is 2.15. The zero-order valence-electron chi connectivity index (χ0n) is 8.91. The van der Waals surface area contributed by atoms with E-state index in [1.54, 1.807) is 7.05 Å². The maximum atomic E-state index is 13.3. The maximum Gasteiger partial charge on any atom is 0.256 e. The highest BCUT2D eigenvalue weighted by molar-refractivity contribution is 5.94. The molecule has 1 aromatic heterocycles. The van der Waals surface area contributed by atoms with Gasteiger partial charge in [-0.2, -0.15) is 4.39 Å². The molecule has 0 saturated heterocycles. The highest BCUT2D eigenvalue weighted by Crippen LogP contribution is 2.29. The minimum absolute atomic E-state index is 0.254. The van der Waals surface area contributed by atoms with Gasteiger partial charge < -0.3 is 4.90 Å². The summed E-state index contributed by atoms with van der Waals surface area (Å²) in [5, 5.41) is 0. The summed E-state index contributed by atoms with van der Waals surface area (Å²) in [6.07, 6.45) is 3.30. The van der Waals surface area contributed by atoms with Gasteiger partial charge in [-0.25, -0.2) is 9.37 Å². The number of hydrogen-bond acceptors (Lipinski definition) is 2. The molecule has 1 saturated carbocycles. The summed E-state index contributed by atoms with van der Waals surface area (Å²) in [4.78, 5) is 16.3. The Morgan fingerprint density at radius 3 is 2.88 bits per heavy atom. The molecule has 86 valence electrons. The van der Waals surface area contributed by atoms with Crippen LogP contribution >= 0.6 is 0 Å². The van der Waals surface area contributed by atoms with Crippen molar-refractivity contribution in [1.82, 2.24) is 9.88 Å². The molecule has 0 N–H and O–H groups in total. The number of hydrogen-bond donors (Lipinski definition) is 0. The van der Waals surface area contributed by atoms with Crippen LogP contribution in [0.25, 0.3) is 0 Å². The van der Waals surface area contributed by atoms with E-state index in [-0.39, 0.29) is 5.56 Å². The van der Waals surface area contributed by atoms with Crippen molar-refractivity contribution in [2.75, 3.05) is 13.6 Å². The van der Waals surface area contributed by atoms with Gasteiger partial charge in [0.2, 0.25) is 5.95 Å². The number of halogens is 2. The molecule has 0 unspecified atom stereocenters. The van der Waals surface area contributed by atoms with E-state index in [2.05, 4.69) is 4.98 Å². The molecule has 5 heteroatoms. The van der Waals surface area contributed by atoms with Crippen molar-refractivity contribution in [3.05, 3.63) is 29.6 Å². The van der Waals surface area contributed by atoms with E-state index in [1.807, 2.05) is 0 Å². The lowest BCUT2D eigenvalue weighted by molar-refractivity contribution is 0.0782. The third-order valence-electron chi connectivity index (χ3n) is 2.65. The van der Waals surface area contributed by atoms with Crippen molar-refractivity contribution in [1.29, 1.82) is 0 Å². The fraction of sp³-hybridized carbons (Fsp3) is 0.455. The van der Waals surface area contributed by atoms with Gasteiger partial charge in [-0.3, -0.25) is 4.79 Å². The Labute approximate surface area is 92.1 Å². The highest BCUT2D eigenvalue weighted by Gasteiger charge is 2.26. The molecule has 1 fully saturated rings. The fourth-order valence-corrected chi connectivity index (χ4v) is 1.56. The molecule has 1 heterocycles. The lowest BCUT2D eigenvalue weighted by Gasteiger charge is -2.16. The largest absolute Gasteiger partial charge is 0.341 e. The summed E-state index contributed by atoms with van der Waals surface area (Å²) >= 11 is 0. The van der Waals surface area contributed by atoms with Crippen LogP contribution in [-0.2, 0) is 0 Å². The Bertz CT molecular complexity index is 418. The van der Waals surface area contributed by atoms with E-state index in [4.69, 9.17) is 0 Å². The van der Waals surface area contributed by atoms with Crippen LogP contribution in [0.2, 0.25) is 0 Å². The van der Waals surface area contributed by atoms with Gasteiger partial charge in [0.15, 0.2) is 5.82 Å². The van der Waals surface area contributed by atoms with E-state index in [0.717, 1.165) is 19.0 Å². The van der Waals surface area contributed by atoms with Crippen LogP contribution in [0.3, 0.4) is 0 Å². The fourth-order valence-electron chi connectivity index (χ4n) is 1.56. The van der Waals surface area contributed by atoms with Crippen LogP contribution in [-0.4, -0.2) is 29.4 Å². The Morgan fingerprint density at radius 1 is 1.56 bits per heavy atom. The highest BCUT2D eigenvalue weighted by atomic mass is 19.2. The lowest BCUT2D eigenvalue weighted by atomic mass is 10.2. The third kappa shape index (κ3) is 2.18. The summed E-state index contributed by atoms with van der Waals surface area (Å²) in [5.74, 6) is -2.38. The normalized spacial score (nSPS) is 14.9. The van der Waals surface area contributed by atoms with Crippen LogP contribution in [0.4, 0.5) is 8.78 Å². The quantitative estimate of drug-likeness (QED) is 0.737. The summed E-state index contributed by atoms with van der Waals surface area (Å²) in [5.41, 5.74) is -0.254. The standard InChI is InChI=1S/C11H12F2N2O/c1-15(6-7-2-3-7)11(16)8-4-5-14-10(13)9(8)12/h4-5,7H,2-3,6H2,1H3. The van der Waals surface area contributed by atoms with Gasteiger partial charge in [-0.15, -0.1) is 0 Å². The molecular weight excluding hydrogens is 214 g/mol. The topological polar surface area (TPSA) is 33.2 Å². The van der Waals surface area contributed by atoms with Crippen LogP contribution < -0.4 is 0 Å². The smallest absolute Gasteiger partial charge is 0.256 e. The predicted octanol–water partition coefficient (Wildman–Crippen LogP) is 1.84. The summed E-state index contributed by atoms with van der Waals surface area (Å²) in [6, 6.07) is 1.20. The van der Waals surface area contributed by atoms with Crippen LogP contribution in [0.15, 0.2) is 12.3 Å². The van der Waals surface area contributed by atoms with Gasteiger partial charge in [0.25, 0.3) is 5.91 Å². The average molecular weight is 226 g/mol. The zero-order chi connectivity index (χ0) is 11.7. The second-order valence-electron chi connectivity index (χ2n) is 4.09. The SMILES string of the molecule is CN(CC1CC1)C(=O)c1ccnc(F)c1F. The van der Waals surface area contributed by atoms with Crippen LogP contribution in [0.5, 0.6) is 0 Å². The monoisotopic (exact) mass is 226 g/mol. The molecule has 0 spiro atoms. The van der Waals surface area contributed by atoms with Gasteiger partial charge in [0, 0.05) is 19.8 Å². The molecule has 0 aromatic carbocycles. The number of carbonyl (C=O) groups excluding carboxylic acids is 1. The number of nitrogens with zero attached hydrogens (tertiary/aromatic N) is 2. The molecule has 3 nitrogen and oxygen atoms in total. The Kier molecular flexibility index (Phi) is 2.85. The summed E-state index contributed by atoms with van der Waals surface area (Å²) in [7, 11) is 1.60. The van der Waals surface area contributed by atoms with Crippen molar-refractivity contribution in [2.24, 2.45) is 5.92 Å². The van der Waals surface area contributed by atoms with Gasteiger partial charge in [-0.05, 0) is 24.8 Å². The van der Waals surface area contributed by atoms with Gasteiger partial charge in [0.05, 0.1) is 5.56 Å². The molecule has 1 amide bonds. The Hall–Kier alpha value is -1.52. The molecule has 1 aromatic rings. The molecule has 1 aliphatic carbocycles. The molecule has 0 atom stereocenters. The molecule has 0 radical (unpaired) electrons. The maximum absolute atomic E-state index is 13.3. The number of amides is 1. The van der Waals surface area contributed by atoms with E-state index in [9.17, 15) is 13.6 Å². The van der Waals surface area contributed by atoms with E-state index >= 15 is 0 Å². The first-order valence-electron chi connectivity index (χ1n) is 5.15. The second-order valence-corrected chi connectivity index (χ2v) is 4.09. The van der Waals surface area contributed by atoms with Crippen molar-refractivity contribution in [2.45, 2.75) is 12.8 Å². The molecular formula is C11H12F2N2O. The molecule has 2 rings (SSSR count). The number of aromatic nitrogens is 1. The first-order chi connectivity index (χ1) is 7.59. The van der Waals surface area contributed by atoms with E-state index < -0.39 is 17.7 Å². The van der Waals surface area contributed by atoms with E-state index in [1.165, 1.54) is 11.0 Å². The van der Waals surface area contributed by atoms with E-state index in [0.29, 0.717) is 12.5 Å². The van der Waals surface area contributed by atoms with Crippen molar-refractivity contribution >= 4 is 5.91 Å². The lowest BCUT2D eigenvalue weighted by Crippen LogP contribution is -2.29.